The molecule has 9 rings (SSSR count). The first-order valence-corrected chi connectivity index (χ1v) is 20.6. The number of alkyl halides is 5. The average Bonchev–Trinajstić information content (AvgIpc) is 3.85. The predicted molar refractivity (Wildman–Crippen MR) is 205 cm³/mol. The number of aromatic nitrogens is 7. The average molecular weight is 888 g/mol. The van der Waals surface area contributed by atoms with Crippen LogP contribution in [0.25, 0.3) is 33.3 Å². The maximum absolute atomic E-state index is 15.6. The summed E-state index contributed by atoms with van der Waals surface area (Å²) in [6, 6.07) is 7.54. The Hall–Kier alpha value is -5.98. The summed E-state index contributed by atoms with van der Waals surface area (Å²) in [6.07, 6.45) is -1.35. The summed E-state index contributed by atoms with van der Waals surface area (Å²) in [6.45, 7) is -0.274. The van der Waals surface area contributed by atoms with Crippen LogP contribution >= 0.6 is 11.6 Å². The van der Waals surface area contributed by atoms with Crippen molar-refractivity contribution >= 4 is 44.3 Å². The zero-order valence-electron chi connectivity index (χ0n) is 31.5. The molecule has 1 fully saturated rings. The Morgan fingerprint density at radius 2 is 1.79 bits per heavy atom. The predicted octanol–water partition coefficient (Wildman–Crippen LogP) is 6.51. The minimum Gasteiger partial charge on any atom is -0.377 e. The molecule has 1 aliphatic heterocycles. The number of nitrogens with zero attached hydrogens (tertiary/aromatic N) is 7. The SMILES string of the molecule is Cn1nc(NS(C)(=O)=O)c2c(Cl)ccc(-c3ccc(-c4cnn(C5COC5)c4)nc3[C@H](Cc3cc(F)cc(F)c3)NC(=O)Cn3nc(C(F)(F)F)c4c3C(F)(F)[C@@H]3C#C[C@H]43)c21. The molecule has 2 N–H and O–H groups in total. The van der Waals surface area contributed by atoms with Gasteiger partial charge in [-0.3, -0.25) is 23.6 Å². The fourth-order valence-electron chi connectivity index (χ4n) is 7.96. The van der Waals surface area contributed by atoms with Gasteiger partial charge in [-0.05, 0) is 36.2 Å². The van der Waals surface area contributed by atoms with E-state index in [9.17, 15) is 35.2 Å². The molecule has 61 heavy (non-hydrogen) atoms. The highest BCUT2D eigenvalue weighted by molar-refractivity contribution is 7.92. The van der Waals surface area contributed by atoms with Crippen molar-refractivity contribution < 1.29 is 48.7 Å². The van der Waals surface area contributed by atoms with Crippen LogP contribution < -0.4 is 10.0 Å². The number of hydrogen-bond donors (Lipinski definition) is 2. The Morgan fingerprint density at radius 1 is 1.07 bits per heavy atom. The number of ether oxygens (including phenoxy) is 1. The third kappa shape index (κ3) is 7.15. The van der Waals surface area contributed by atoms with Crippen molar-refractivity contribution in [3.05, 3.63) is 99.7 Å². The van der Waals surface area contributed by atoms with Gasteiger partial charge in [-0.2, -0.15) is 37.2 Å². The van der Waals surface area contributed by atoms with Gasteiger partial charge in [0.25, 0.3) is 0 Å². The quantitative estimate of drug-likeness (QED) is 0.111. The normalized spacial score (nSPS) is 18.5. The lowest BCUT2D eigenvalue weighted by atomic mass is 9.84. The van der Waals surface area contributed by atoms with E-state index in [1.165, 1.54) is 24.0 Å². The number of anilines is 1. The lowest BCUT2D eigenvalue weighted by molar-refractivity contribution is -0.142. The highest BCUT2D eigenvalue weighted by atomic mass is 35.5. The second kappa shape index (κ2) is 14.3. The standard InChI is InChI=1S/C39H29ClF7N9O4S/c1-54-34-24(4-7-27(40)32(34)37(52-54)53-61(2,58)59)23-5-8-28(19-13-48-55(14-19)22-16-60-17-22)50-33(23)29(11-18-9-20(41)12-21(42)10-18)49-30(57)15-56-36-31(35(51-56)39(45,46)47)25-3-6-26(25)38(36,43)44/h4-5,7-10,12-14,22,25-26,29H,11,15-17H2,1-2H3,(H,49,57)(H,52,53)/t25-,26+,29-/m0/s1. The molecule has 2 aliphatic carbocycles. The van der Waals surface area contributed by atoms with Gasteiger partial charge < -0.3 is 10.1 Å². The van der Waals surface area contributed by atoms with Crippen LogP contribution in [0.15, 0.2) is 54.9 Å². The number of amides is 1. The molecule has 6 aromatic rings. The highest BCUT2D eigenvalue weighted by Crippen LogP contribution is 2.58. The lowest BCUT2D eigenvalue weighted by Crippen LogP contribution is -2.36. The van der Waals surface area contributed by atoms with Crippen LogP contribution in [0.1, 0.15) is 46.2 Å². The van der Waals surface area contributed by atoms with Crippen molar-refractivity contribution in [2.24, 2.45) is 13.0 Å². The number of pyridine rings is 1. The minimum absolute atomic E-state index is 0.0137. The van der Waals surface area contributed by atoms with E-state index in [0.29, 0.717) is 46.3 Å². The van der Waals surface area contributed by atoms with Crippen molar-refractivity contribution in [1.82, 2.24) is 39.6 Å². The molecule has 13 nitrogen and oxygen atoms in total. The third-order valence-electron chi connectivity index (χ3n) is 10.6. The molecule has 2 aromatic carbocycles. The monoisotopic (exact) mass is 887 g/mol. The van der Waals surface area contributed by atoms with Gasteiger partial charge in [0.2, 0.25) is 15.9 Å². The van der Waals surface area contributed by atoms with Gasteiger partial charge in [-0.25, -0.2) is 22.2 Å². The molecule has 3 atom stereocenters. The molecular formula is C39H29ClF7N9O4S. The van der Waals surface area contributed by atoms with Gasteiger partial charge in [0, 0.05) is 41.6 Å². The number of halogens is 8. The summed E-state index contributed by atoms with van der Waals surface area (Å²) in [5.41, 5.74) is -1.71. The van der Waals surface area contributed by atoms with Crippen LogP contribution in [0, 0.1) is 29.4 Å². The number of hydrogen-bond acceptors (Lipinski definition) is 8. The minimum atomic E-state index is -5.15. The van der Waals surface area contributed by atoms with Crippen LogP contribution in [-0.2, 0) is 51.7 Å². The second-order valence-electron chi connectivity index (χ2n) is 14.9. The molecule has 4 aromatic heterocycles. The Bertz CT molecular complexity index is 2970. The van der Waals surface area contributed by atoms with Crippen LogP contribution in [-0.4, -0.2) is 68.1 Å². The first kappa shape index (κ1) is 40.4. The van der Waals surface area contributed by atoms with Crippen LogP contribution in [0.4, 0.5) is 36.6 Å². The largest absolute Gasteiger partial charge is 0.435 e. The lowest BCUT2D eigenvalue weighted by Gasteiger charge is -2.26. The maximum Gasteiger partial charge on any atom is 0.435 e. The first-order chi connectivity index (χ1) is 28.8. The van der Waals surface area contributed by atoms with Crippen molar-refractivity contribution in [2.45, 2.75) is 43.1 Å². The molecule has 1 saturated heterocycles. The van der Waals surface area contributed by atoms with Gasteiger partial charge in [-0.1, -0.05) is 35.6 Å². The Morgan fingerprint density at radius 3 is 2.43 bits per heavy atom. The highest BCUT2D eigenvalue weighted by Gasteiger charge is 2.62. The molecule has 0 radical (unpaired) electrons. The molecule has 1 amide bonds. The van der Waals surface area contributed by atoms with Gasteiger partial charge in [0.05, 0.1) is 71.0 Å². The Balaban J connectivity index is 1.20. The van der Waals surface area contributed by atoms with Crippen molar-refractivity contribution in [2.75, 3.05) is 24.2 Å². The van der Waals surface area contributed by atoms with E-state index in [1.54, 1.807) is 29.1 Å². The van der Waals surface area contributed by atoms with Gasteiger partial charge in [0.1, 0.15) is 29.8 Å². The molecule has 0 saturated carbocycles. The zero-order valence-corrected chi connectivity index (χ0v) is 33.1. The number of fused-ring (bicyclic) bond motifs is 4. The van der Waals surface area contributed by atoms with E-state index >= 15 is 8.78 Å². The smallest absolute Gasteiger partial charge is 0.377 e. The molecule has 5 heterocycles. The number of sulfonamides is 1. The van der Waals surface area contributed by atoms with Crippen molar-refractivity contribution in [1.29, 1.82) is 0 Å². The summed E-state index contributed by atoms with van der Waals surface area (Å²) in [5.74, 6) is -5.55. The van der Waals surface area contributed by atoms with Crippen LogP contribution in [0.2, 0.25) is 5.02 Å². The van der Waals surface area contributed by atoms with Crippen LogP contribution in [0.3, 0.4) is 0 Å². The van der Waals surface area contributed by atoms with E-state index in [4.69, 9.17) is 21.3 Å². The second-order valence-corrected chi connectivity index (χ2v) is 17.1. The van der Waals surface area contributed by atoms with Crippen molar-refractivity contribution in [3.8, 4) is 34.2 Å². The fraction of sp³-hybridized carbons (Fsp3) is 0.308. The molecule has 0 unspecified atom stereocenters. The van der Waals surface area contributed by atoms with Gasteiger partial charge in [0.15, 0.2) is 11.5 Å². The first-order valence-electron chi connectivity index (χ1n) is 18.3. The molecule has 0 spiro atoms. The van der Waals surface area contributed by atoms with E-state index in [-0.39, 0.29) is 45.5 Å². The van der Waals surface area contributed by atoms with Gasteiger partial charge in [-0.15, -0.1) is 0 Å². The zero-order chi connectivity index (χ0) is 43.3. The number of benzene rings is 2. The van der Waals surface area contributed by atoms with Crippen molar-refractivity contribution in [3.63, 3.8) is 0 Å². The summed E-state index contributed by atoms with van der Waals surface area (Å²) in [5, 5.41) is 15.2. The Kier molecular flexibility index (Phi) is 9.48. The number of nitrogens with one attached hydrogen (secondary N) is 2. The summed E-state index contributed by atoms with van der Waals surface area (Å²) >= 11 is 6.62. The third-order valence-corrected chi connectivity index (χ3v) is 11.5. The fourth-order valence-corrected chi connectivity index (χ4v) is 8.69. The van der Waals surface area contributed by atoms with E-state index in [0.717, 1.165) is 18.4 Å². The molecule has 3 aliphatic rings. The molecule has 316 valence electrons. The van der Waals surface area contributed by atoms with Crippen LogP contribution in [0.5, 0.6) is 0 Å². The number of aryl methyl sites for hydroxylation is 1. The summed E-state index contributed by atoms with van der Waals surface area (Å²) in [7, 11) is -2.33. The summed E-state index contributed by atoms with van der Waals surface area (Å²) < 4.78 is 139. The molecular weight excluding hydrogens is 859 g/mol. The number of carbonyl (C=O) groups is 1. The van der Waals surface area contributed by atoms with E-state index in [2.05, 4.69) is 37.2 Å². The topological polar surface area (TPSA) is 151 Å². The number of rotatable bonds is 11. The van der Waals surface area contributed by atoms with E-state index < -0.39 is 81.0 Å². The maximum atomic E-state index is 15.6. The Labute approximate surface area is 345 Å². The molecule has 22 heteroatoms. The van der Waals surface area contributed by atoms with Gasteiger partial charge >= 0.3 is 12.1 Å². The summed E-state index contributed by atoms with van der Waals surface area (Å²) in [4.78, 5) is 19.0. The molecule has 0 bridgehead atoms. The number of carbonyl (C=O) groups excluding carboxylic acids is 1. The van der Waals surface area contributed by atoms with E-state index in [1.807, 2.05) is 0 Å².